The summed E-state index contributed by atoms with van der Waals surface area (Å²) in [4.78, 5) is 9.90. The van der Waals surface area contributed by atoms with E-state index in [1.54, 1.807) is 0 Å². The summed E-state index contributed by atoms with van der Waals surface area (Å²) < 4.78 is 32.3. The van der Waals surface area contributed by atoms with E-state index in [0.29, 0.717) is 6.61 Å². The van der Waals surface area contributed by atoms with E-state index in [1.807, 2.05) is 6.92 Å². The summed E-state index contributed by atoms with van der Waals surface area (Å²) in [7, 11) is -3.78. The van der Waals surface area contributed by atoms with E-state index in [0.717, 1.165) is 31.0 Å². The molecule has 8 nitrogen and oxygen atoms in total. The van der Waals surface area contributed by atoms with Gasteiger partial charge in [-0.1, -0.05) is 0 Å². The Morgan fingerprint density at radius 1 is 1.52 bits per heavy atom. The third-order valence-electron chi connectivity index (χ3n) is 3.44. The summed E-state index contributed by atoms with van der Waals surface area (Å²) in [5.74, 6) is 0. The molecule has 1 saturated heterocycles. The molecule has 0 aliphatic carbocycles. The van der Waals surface area contributed by atoms with Gasteiger partial charge in [0.15, 0.2) is 0 Å². The molecule has 116 valence electrons. The van der Waals surface area contributed by atoms with Gasteiger partial charge in [-0.3, -0.25) is 10.1 Å². The number of hydrogen-bond donors (Lipinski definition) is 2. The van der Waals surface area contributed by atoms with Gasteiger partial charge in [0.2, 0.25) is 10.0 Å². The number of nitrogen functional groups attached to an aromatic ring is 1. The first-order chi connectivity index (χ1) is 9.73. The van der Waals surface area contributed by atoms with E-state index in [1.165, 1.54) is 0 Å². The van der Waals surface area contributed by atoms with Crippen LogP contribution in [-0.2, 0) is 14.8 Å². The second-order valence-corrected chi connectivity index (χ2v) is 6.97. The fourth-order valence-electron chi connectivity index (χ4n) is 2.17. The molecule has 1 aromatic carbocycles. The largest absolute Gasteiger partial charge is 0.393 e. The second kappa shape index (κ2) is 5.58. The average molecular weight is 315 g/mol. The van der Waals surface area contributed by atoms with Crippen LogP contribution in [0.1, 0.15) is 19.8 Å². The summed E-state index contributed by atoms with van der Waals surface area (Å²) in [6, 6.07) is 3.32. The number of nitro groups is 1. The van der Waals surface area contributed by atoms with Crippen LogP contribution in [-0.4, -0.2) is 32.1 Å². The topological polar surface area (TPSA) is 125 Å². The van der Waals surface area contributed by atoms with Crippen LogP contribution in [0.5, 0.6) is 0 Å². The zero-order chi connectivity index (χ0) is 15.7. The molecular weight excluding hydrogens is 298 g/mol. The van der Waals surface area contributed by atoms with Crippen LogP contribution in [0.3, 0.4) is 0 Å². The summed E-state index contributed by atoms with van der Waals surface area (Å²) in [5.41, 5.74) is 4.48. The number of nitrogens with zero attached hydrogens (tertiary/aromatic N) is 1. The molecule has 0 spiro atoms. The maximum Gasteiger partial charge on any atom is 0.292 e. The molecule has 21 heavy (non-hydrogen) atoms. The van der Waals surface area contributed by atoms with Gasteiger partial charge in [-0.05, 0) is 31.9 Å². The molecule has 0 radical (unpaired) electrons. The van der Waals surface area contributed by atoms with Crippen molar-refractivity contribution in [2.75, 3.05) is 18.9 Å². The van der Waals surface area contributed by atoms with Crippen molar-refractivity contribution in [3.05, 3.63) is 28.3 Å². The third-order valence-corrected chi connectivity index (χ3v) is 4.84. The van der Waals surface area contributed by atoms with Crippen molar-refractivity contribution < 1.29 is 18.1 Å². The molecule has 1 unspecified atom stereocenters. The van der Waals surface area contributed by atoms with Crippen molar-refractivity contribution in [3.63, 3.8) is 0 Å². The van der Waals surface area contributed by atoms with Gasteiger partial charge >= 0.3 is 0 Å². The Hall–Kier alpha value is -1.71. The second-order valence-electron chi connectivity index (χ2n) is 5.20. The first kappa shape index (κ1) is 15.7. The average Bonchev–Trinajstić information content (AvgIpc) is 2.84. The summed E-state index contributed by atoms with van der Waals surface area (Å²) in [6.07, 6.45) is 1.67. The first-order valence-electron chi connectivity index (χ1n) is 6.41. The lowest BCUT2D eigenvalue weighted by Gasteiger charge is -2.23. The van der Waals surface area contributed by atoms with Gasteiger partial charge < -0.3 is 10.5 Å². The van der Waals surface area contributed by atoms with E-state index in [9.17, 15) is 18.5 Å². The maximum atomic E-state index is 12.2. The van der Waals surface area contributed by atoms with E-state index >= 15 is 0 Å². The zero-order valence-electron chi connectivity index (χ0n) is 11.5. The lowest BCUT2D eigenvalue weighted by Crippen LogP contribution is -2.40. The van der Waals surface area contributed by atoms with Gasteiger partial charge in [0.1, 0.15) is 5.69 Å². The number of sulfonamides is 1. The molecule has 1 fully saturated rings. The highest BCUT2D eigenvalue weighted by Gasteiger charge is 2.31. The fourth-order valence-corrected chi connectivity index (χ4v) is 3.36. The van der Waals surface area contributed by atoms with Crippen LogP contribution in [0, 0.1) is 10.1 Å². The number of nitrogens with two attached hydrogens (primary N) is 1. The molecule has 2 rings (SSSR count). The van der Waals surface area contributed by atoms with Crippen molar-refractivity contribution in [2.45, 2.75) is 30.3 Å². The van der Waals surface area contributed by atoms with Crippen molar-refractivity contribution >= 4 is 21.4 Å². The van der Waals surface area contributed by atoms with Crippen molar-refractivity contribution in [3.8, 4) is 0 Å². The number of ether oxygens (including phenoxy) is 1. The molecule has 1 atom stereocenters. The molecule has 0 amide bonds. The predicted molar refractivity (Wildman–Crippen MR) is 76.3 cm³/mol. The van der Waals surface area contributed by atoms with Gasteiger partial charge in [0.05, 0.1) is 15.4 Å². The molecular formula is C12H17N3O5S. The van der Waals surface area contributed by atoms with Gasteiger partial charge in [-0.2, -0.15) is 0 Å². The monoisotopic (exact) mass is 315 g/mol. The highest BCUT2D eigenvalue weighted by Crippen LogP contribution is 2.26. The Labute approximate surface area is 122 Å². The molecule has 1 aromatic rings. The van der Waals surface area contributed by atoms with E-state index in [2.05, 4.69) is 4.72 Å². The molecule has 0 saturated carbocycles. The highest BCUT2D eigenvalue weighted by molar-refractivity contribution is 7.89. The predicted octanol–water partition coefficient (Wildman–Crippen LogP) is 1.02. The lowest BCUT2D eigenvalue weighted by atomic mass is 10.0. The molecule has 3 N–H and O–H groups in total. The summed E-state index contributed by atoms with van der Waals surface area (Å²) in [6.45, 7) is 2.60. The number of benzene rings is 1. The minimum atomic E-state index is -3.78. The van der Waals surface area contributed by atoms with Gasteiger partial charge in [-0.15, -0.1) is 0 Å². The van der Waals surface area contributed by atoms with Crippen LogP contribution >= 0.6 is 0 Å². The number of hydrogen-bond acceptors (Lipinski definition) is 6. The zero-order valence-corrected chi connectivity index (χ0v) is 12.4. The number of anilines is 1. The Balaban J connectivity index is 2.16. The summed E-state index contributed by atoms with van der Waals surface area (Å²) in [5, 5.41) is 10.7. The number of rotatable bonds is 5. The Morgan fingerprint density at radius 2 is 2.24 bits per heavy atom. The molecule has 1 aliphatic heterocycles. The minimum absolute atomic E-state index is 0.104. The quantitative estimate of drug-likeness (QED) is 0.475. The molecule has 0 bridgehead atoms. The molecule has 1 heterocycles. The summed E-state index contributed by atoms with van der Waals surface area (Å²) >= 11 is 0. The normalized spacial score (nSPS) is 22.3. The van der Waals surface area contributed by atoms with Crippen LogP contribution in [0.15, 0.2) is 23.1 Å². The van der Waals surface area contributed by atoms with Crippen LogP contribution < -0.4 is 10.5 Å². The lowest BCUT2D eigenvalue weighted by molar-refractivity contribution is -0.383. The van der Waals surface area contributed by atoms with E-state index in [-0.39, 0.29) is 22.8 Å². The van der Waals surface area contributed by atoms with Gasteiger partial charge in [0, 0.05) is 19.2 Å². The fraction of sp³-hybridized carbons (Fsp3) is 0.500. The SMILES string of the molecule is CC1(CNS(=O)(=O)c2ccc([N+](=O)[O-])c(N)c2)CCCO1. The molecule has 0 aromatic heterocycles. The van der Waals surface area contributed by atoms with Crippen LogP contribution in [0.25, 0.3) is 0 Å². The number of nitrogens with one attached hydrogen (secondary N) is 1. The van der Waals surface area contributed by atoms with Gasteiger partial charge in [0.25, 0.3) is 5.69 Å². The van der Waals surface area contributed by atoms with Crippen LogP contribution in [0.2, 0.25) is 0 Å². The smallest absolute Gasteiger partial charge is 0.292 e. The molecule has 1 aliphatic rings. The van der Waals surface area contributed by atoms with E-state index < -0.39 is 20.5 Å². The van der Waals surface area contributed by atoms with Gasteiger partial charge in [-0.25, -0.2) is 13.1 Å². The standard InChI is InChI=1S/C12H17N3O5S/c1-12(5-2-6-20-12)8-14-21(18,19)9-3-4-11(15(16)17)10(13)7-9/h3-4,7,14H,2,5-6,8,13H2,1H3. The molecule has 9 heteroatoms. The van der Waals surface area contributed by atoms with Crippen molar-refractivity contribution in [2.24, 2.45) is 0 Å². The van der Waals surface area contributed by atoms with Crippen molar-refractivity contribution in [1.82, 2.24) is 4.72 Å². The third kappa shape index (κ3) is 3.49. The first-order valence-corrected chi connectivity index (χ1v) is 7.89. The Morgan fingerprint density at radius 3 is 2.76 bits per heavy atom. The van der Waals surface area contributed by atoms with Crippen molar-refractivity contribution in [1.29, 1.82) is 0 Å². The van der Waals surface area contributed by atoms with E-state index in [4.69, 9.17) is 10.5 Å². The Kier molecular flexibility index (Phi) is 4.17. The number of nitro benzene ring substituents is 1. The Bertz CT molecular complexity index is 653. The highest BCUT2D eigenvalue weighted by atomic mass is 32.2. The maximum absolute atomic E-state index is 12.2. The minimum Gasteiger partial charge on any atom is -0.393 e. The van der Waals surface area contributed by atoms with Crippen LogP contribution in [0.4, 0.5) is 11.4 Å².